The first-order chi connectivity index (χ1) is 14.1. The highest BCUT2D eigenvalue weighted by molar-refractivity contribution is 5.92. The molecule has 0 aliphatic carbocycles. The van der Waals surface area contributed by atoms with Gasteiger partial charge in [0.1, 0.15) is 11.5 Å². The molecule has 0 saturated carbocycles. The summed E-state index contributed by atoms with van der Waals surface area (Å²) < 4.78 is 24.0. The lowest BCUT2D eigenvalue weighted by Gasteiger charge is -2.40. The molecule has 1 atom stereocenters. The quantitative estimate of drug-likeness (QED) is 0.685. The number of benzene rings is 1. The van der Waals surface area contributed by atoms with Crippen LogP contribution in [-0.4, -0.2) is 58.0 Å². The summed E-state index contributed by atoms with van der Waals surface area (Å²) in [6.07, 6.45) is 3.83. The third-order valence-corrected chi connectivity index (χ3v) is 5.37. The largest absolute Gasteiger partial charge is 0.385 e. The Morgan fingerprint density at radius 1 is 1.34 bits per heavy atom. The van der Waals surface area contributed by atoms with E-state index in [0.29, 0.717) is 49.1 Å². The van der Waals surface area contributed by atoms with Crippen molar-refractivity contribution >= 4 is 5.91 Å². The number of nitrogens with zero attached hydrogens (tertiary/aromatic N) is 4. The monoisotopic (exact) mass is 399 g/mol. The average molecular weight is 399 g/mol. The molecule has 1 aliphatic rings. The highest BCUT2D eigenvalue weighted by atomic mass is 19.1. The lowest BCUT2D eigenvalue weighted by molar-refractivity contribution is 0.0561. The second kappa shape index (κ2) is 8.12. The Balaban J connectivity index is 1.63. The number of nitrogens with one attached hydrogen (secondary N) is 1. The van der Waals surface area contributed by atoms with Crippen molar-refractivity contribution in [3.63, 3.8) is 0 Å². The van der Waals surface area contributed by atoms with Gasteiger partial charge in [-0.2, -0.15) is 10.1 Å². The number of hydrogen-bond acceptors (Lipinski definition) is 6. The summed E-state index contributed by atoms with van der Waals surface area (Å²) in [5, 5.41) is 10.8. The van der Waals surface area contributed by atoms with Gasteiger partial charge >= 0.3 is 0 Å². The molecular formula is C20H22FN5O3. The van der Waals surface area contributed by atoms with Crippen LogP contribution in [0.4, 0.5) is 4.39 Å². The molecule has 3 heterocycles. The molecule has 1 N–H and O–H groups in total. The van der Waals surface area contributed by atoms with Crippen molar-refractivity contribution in [1.29, 1.82) is 0 Å². The SMILES string of the molecule is COCCC1(c2noc(-c3ccc(F)cc3)n2)CCCN(C(=O)c2ccn[nH]2)C1. The first kappa shape index (κ1) is 19.3. The van der Waals surface area contributed by atoms with Gasteiger partial charge in [-0.1, -0.05) is 5.16 Å². The van der Waals surface area contributed by atoms with Gasteiger partial charge in [0.25, 0.3) is 11.8 Å². The first-order valence-corrected chi connectivity index (χ1v) is 9.49. The summed E-state index contributed by atoms with van der Waals surface area (Å²) in [5.74, 6) is 0.432. The number of halogens is 1. The lowest BCUT2D eigenvalue weighted by Crippen LogP contribution is -2.49. The predicted octanol–water partition coefficient (Wildman–Crippen LogP) is 2.81. The van der Waals surface area contributed by atoms with E-state index < -0.39 is 5.41 Å². The third kappa shape index (κ3) is 3.91. The van der Waals surface area contributed by atoms with Crippen molar-refractivity contribution in [3.8, 4) is 11.5 Å². The van der Waals surface area contributed by atoms with Crippen LogP contribution in [0.25, 0.3) is 11.5 Å². The third-order valence-electron chi connectivity index (χ3n) is 5.37. The van der Waals surface area contributed by atoms with Crippen molar-refractivity contribution < 1.29 is 18.4 Å². The van der Waals surface area contributed by atoms with Crippen molar-refractivity contribution in [2.75, 3.05) is 26.8 Å². The summed E-state index contributed by atoms with van der Waals surface area (Å²) in [6, 6.07) is 7.57. The van der Waals surface area contributed by atoms with Crippen molar-refractivity contribution in [2.45, 2.75) is 24.7 Å². The molecule has 152 valence electrons. The standard InChI is InChI=1S/C20H22FN5O3/c1-28-12-9-20(8-2-11-26(13-20)18(27)16-7-10-22-24-16)19-23-17(29-25-19)14-3-5-15(21)6-4-14/h3-7,10H,2,8-9,11-13H2,1H3,(H,22,24). The lowest BCUT2D eigenvalue weighted by atomic mass is 9.76. The van der Waals surface area contributed by atoms with Gasteiger partial charge in [-0.05, 0) is 49.6 Å². The first-order valence-electron chi connectivity index (χ1n) is 9.49. The van der Waals surface area contributed by atoms with Crippen LogP contribution in [0.3, 0.4) is 0 Å². The zero-order valence-corrected chi connectivity index (χ0v) is 16.1. The number of likely N-dealkylation sites (tertiary alicyclic amines) is 1. The van der Waals surface area contributed by atoms with Crippen LogP contribution in [0.15, 0.2) is 41.1 Å². The second-order valence-electron chi connectivity index (χ2n) is 7.25. The van der Waals surface area contributed by atoms with Gasteiger partial charge in [0.05, 0.1) is 5.41 Å². The van der Waals surface area contributed by atoms with Gasteiger partial charge < -0.3 is 14.2 Å². The molecule has 1 fully saturated rings. The van der Waals surface area contributed by atoms with E-state index in [4.69, 9.17) is 9.26 Å². The molecular weight excluding hydrogens is 377 g/mol. The molecule has 0 radical (unpaired) electrons. The minimum absolute atomic E-state index is 0.105. The number of amides is 1. The summed E-state index contributed by atoms with van der Waals surface area (Å²) in [6.45, 7) is 1.61. The van der Waals surface area contributed by atoms with Crippen molar-refractivity contribution in [3.05, 3.63) is 53.9 Å². The summed E-state index contributed by atoms with van der Waals surface area (Å²) in [7, 11) is 1.64. The molecule has 0 spiro atoms. The summed E-state index contributed by atoms with van der Waals surface area (Å²) in [4.78, 5) is 19.2. The molecule has 9 heteroatoms. The minimum atomic E-state index is -0.480. The van der Waals surface area contributed by atoms with E-state index in [0.717, 1.165) is 12.8 Å². The maximum atomic E-state index is 13.2. The zero-order valence-electron chi connectivity index (χ0n) is 16.1. The highest BCUT2D eigenvalue weighted by Gasteiger charge is 2.42. The molecule has 1 saturated heterocycles. The maximum absolute atomic E-state index is 13.2. The molecule has 1 unspecified atom stereocenters. The van der Waals surface area contributed by atoms with Gasteiger partial charge in [-0.25, -0.2) is 4.39 Å². The Hall–Kier alpha value is -3.07. The molecule has 4 rings (SSSR count). The van der Waals surface area contributed by atoms with E-state index in [9.17, 15) is 9.18 Å². The number of methoxy groups -OCH3 is 1. The number of ether oxygens (including phenoxy) is 1. The molecule has 1 aliphatic heterocycles. The van der Waals surface area contributed by atoms with Gasteiger partial charge in [0, 0.05) is 38.6 Å². The van der Waals surface area contributed by atoms with Crippen LogP contribution in [0.1, 0.15) is 35.6 Å². The number of hydrogen-bond donors (Lipinski definition) is 1. The van der Waals surface area contributed by atoms with Gasteiger partial charge in [-0.3, -0.25) is 9.89 Å². The highest BCUT2D eigenvalue weighted by Crippen LogP contribution is 2.37. The fraction of sp³-hybridized carbons (Fsp3) is 0.400. The Kier molecular flexibility index (Phi) is 5.39. The molecule has 3 aromatic rings. The number of aromatic amines is 1. The predicted molar refractivity (Wildman–Crippen MR) is 102 cm³/mol. The van der Waals surface area contributed by atoms with Crippen molar-refractivity contribution in [1.82, 2.24) is 25.2 Å². The number of carbonyl (C=O) groups excluding carboxylic acids is 1. The van der Waals surface area contributed by atoms with Crippen molar-refractivity contribution in [2.24, 2.45) is 0 Å². The molecule has 8 nitrogen and oxygen atoms in total. The van der Waals surface area contributed by atoms with E-state index in [1.807, 2.05) is 0 Å². The van der Waals surface area contributed by atoms with Crippen LogP contribution < -0.4 is 0 Å². The van der Waals surface area contributed by atoms with Gasteiger partial charge in [0.15, 0.2) is 5.82 Å². The van der Waals surface area contributed by atoms with Crippen LogP contribution in [0, 0.1) is 5.82 Å². The second-order valence-corrected chi connectivity index (χ2v) is 7.25. The van der Waals surface area contributed by atoms with Gasteiger partial charge in [0.2, 0.25) is 0 Å². The van der Waals surface area contributed by atoms with E-state index >= 15 is 0 Å². The Morgan fingerprint density at radius 3 is 2.90 bits per heavy atom. The smallest absolute Gasteiger partial charge is 0.271 e. The fourth-order valence-electron chi connectivity index (χ4n) is 3.79. The maximum Gasteiger partial charge on any atom is 0.271 e. The van der Waals surface area contributed by atoms with Crippen LogP contribution >= 0.6 is 0 Å². The number of carbonyl (C=O) groups is 1. The number of rotatable bonds is 6. The minimum Gasteiger partial charge on any atom is -0.385 e. The Bertz CT molecular complexity index is 957. The number of H-pyrrole nitrogens is 1. The number of piperidine rings is 1. The molecule has 0 bridgehead atoms. The van der Waals surface area contributed by atoms with Crippen LogP contribution in [0.5, 0.6) is 0 Å². The van der Waals surface area contributed by atoms with E-state index in [2.05, 4.69) is 20.3 Å². The Labute approximate surface area is 167 Å². The topological polar surface area (TPSA) is 97.1 Å². The average Bonchev–Trinajstić information content (AvgIpc) is 3.45. The molecule has 29 heavy (non-hydrogen) atoms. The van der Waals surface area contributed by atoms with Crippen LogP contribution in [-0.2, 0) is 10.2 Å². The zero-order chi connectivity index (χ0) is 20.3. The summed E-state index contributed by atoms with van der Waals surface area (Å²) >= 11 is 0. The van der Waals surface area contributed by atoms with E-state index in [1.54, 1.807) is 36.4 Å². The van der Waals surface area contributed by atoms with Gasteiger partial charge in [-0.15, -0.1) is 0 Å². The fourth-order valence-corrected chi connectivity index (χ4v) is 3.79. The number of aromatic nitrogens is 4. The molecule has 1 aromatic carbocycles. The molecule has 2 aromatic heterocycles. The molecule has 1 amide bonds. The normalized spacial score (nSPS) is 19.4. The summed E-state index contributed by atoms with van der Waals surface area (Å²) in [5.41, 5.74) is 0.618. The van der Waals surface area contributed by atoms with E-state index in [1.165, 1.54) is 12.1 Å². The Morgan fingerprint density at radius 2 is 2.17 bits per heavy atom. The van der Waals surface area contributed by atoms with Crippen LogP contribution in [0.2, 0.25) is 0 Å². The van der Waals surface area contributed by atoms with E-state index in [-0.39, 0.29) is 11.7 Å².